The molecule has 1 aromatic carbocycles. The molecule has 0 bridgehead atoms. The molecule has 0 saturated heterocycles. The zero-order chi connectivity index (χ0) is 16.2. The Morgan fingerprint density at radius 2 is 2.13 bits per heavy atom. The fourth-order valence-corrected chi connectivity index (χ4v) is 2.36. The summed E-state index contributed by atoms with van der Waals surface area (Å²) in [5, 5.41) is 9.23. The number of aromatic nitrogens is 1. The third-order valence-electron chi connectivity index (χ3n) is 3.38. The van der Waals surface area contributed by atoms with Crippen LogP contribution in [0.15, 0.2) is 53.1 Å². The lowest BCUT2D eigenvalue weighted by molar-refractivity contribution is 0.340. The molecule has 0 unspecified atom stereocenters. The topological polar surface area (TPSA) is 85.1 Å². The smallest absolute Gasteiger partial charge is 0.152 e. The number of nitrogen functional groups attached to an aromatic ring is 1. The van der Waals surface area contributed by atoms with Crippen LogP contribution in [0.1, 0.15) is 12.5 Å². The van der Waals surface area contributed by atoms with Crippen molar-refractivity contribution in [2.45, 2.75) is 6.92 Å². The van der Waals surface area contributed by atoms with Crippen LogP contribution in [0.2, 0.25) is 0 Å². The van der Waals surface area contributed by atoms with Crippen LogP contribution in [0.25, 0.3) is 22.6 Å². The van der Waals surface area contributed by atoms with Gasteiger partial charge in [0.25, 0.3) is 0 Å². The van der Waals surface area contributed by atoms with Crippen molar-refractivity contribution in [3.63, 3.8) is 0 Å². The molecule has 0 saturated carbocycles. The van der Waals surface area contributed by atoms with E-state index in [0.29, 0.717) is 23.6 Å². The molecule has 0 fully saturated rings. The summed E-state index contributed by atoms with van der Waals surface area (Å²) < 4.78 is 11.0. The average molecular weight is 305 g/mol. The Bertz CT molecular complexity index is 864. The number of hydrogen-bond donors (Lipinski definition) is 1. The van der Waals surface area contributed by atoms with Crippen molar-refractivity contribution in [3.05, 3.63) is 54.3 Å². The fraction of sp³-hybridized carbons (Fsp3) is 0.111. The molecule has 2 aromatic heterocycles. The van der Waals surface area contributed by atoms with E-state index in [1.54, 1.807) is 18.4 Å². The molecule has 5 heteroatoms. The first-order valence-electron chi connectivity index (χ1n) is 7.20. The molecule has 5 nitrogen and oxygen atoms in total. The fourth-order valence-electron chi connectivity index (χ4n) is 2.36. The Morgan fingerprint density at radius 1 is 1.26 bits per heavy atom. The van der Waals surface area contributed by atoms with Gasteiger partial charge in [-0.25, -0.2) is 4.98 Å². The predicted octanol–water partition coefficient (Wildman–Crippen LogP) is 3.86. The normalized spacial score (nSPS) is 10.3. The van der Waals surface area contributed by atoms with E-state index in [1.165, 1.54) is 0 Å². The number of nitrogens with zero attached hydrogens (tertiary/aromatic N) is 2. The maximum Gasteiger partial charge on any atom is 0.152 e. The minimum atomic E-state index is 0.184. The van der Waals surface area contributed by atoms with Crippen molar-refractivity contribution in [2.75, 3.05) is 12.3 Å². The van der Waals surface area contributed by atoms with Crippen LogP contribution in [0.5, 0.6) is 5.75 Å². The highest BCUT2D eigenvalue weighted by Gasteiger charge is 2.15. The summed E-state index contributed by atoms with van der Waals surface area (Å²) in [5.41, 5.74) is 8.44. The summed E-state index contributed by atoms with van der Waals surface area (Å²) in [4.78, 5) is 4.36. The van der Waals surface area contributed by atoms with Crippen LogP contribution >= 0.6 is 0 Å². The second-order valence-corrected chi connectivity index (χ2v) is 4.87. The summed E-state index contributed by atoms with van der Waals surface area (Å²) in [6, 6.07) is 15.0. The molecule has 2 N–H and O–H groups in total. The van der Waals surface area contributed by atoms with Gasteiger partial charge in [-0.2, -0.15) is 5.26 Å². The van der Waals surface area contributed by atoms with Crippen molar-refractivity contribution in [1.29, 1.82) is 5.26 Å². The number of nitriles is 1. The highest BCUT2D eigenvalue weighted by molar-refractivity contribution is 5.82. The first kappa shape index (κ1) is 14.7. The molecule has 2 heterocycles. The number of pyridine rings is 1. The van der Waals surface area contributed by atoms with E-state index in [-0.39, 0.29) is 5.82 Å². The average Bonchev–Trinajstić information content (AvgIpc) is 3.09. The number of hydrogen-bond acceptors (Lipinski definition) is 5. The van der Waals surface area contributed by atoms with E-state index >= 15 is 0 Å². The maximum absolute atomic E-state index is 9.23. The standard InChI is InChI=1S/C18H15N3O2/c1-2-22-14-6-3-5-12(9-14)15-10-13(11-19)18(20)21-17(15)16-7-4-8-23-16/h3-10H,2H2,1H3,(H2,20,21). The van der Waals surface area contributed by atoms with Crippen LogP contribution in [-0.2, 0) is 0 Å². The summed E-state index contributed by atoms with van der Waals surface area (Å²) in [6.45, 7) is 2.51. The van der Waals surface area contributed by atoms with E-state index in [4.69, 9.17) is 14.9 Å². The van der Waals surface area contributed by atoms with Crippen molar-refractivity contribution < 1.29 is 9.15 Å². The van der Waals surface area contributed by atoms with E-state index in [1.807, 2.05) is 37.3 Å². The first-order valence-corrected chi connectivity index (χ1v) is 7.20. The summed E-state index contributed by atoms with van der Waals surface area (Å²) in [7, 11) is 0. The summed E-state index contributed by atoms with van der Waals surface area (Å²) in [6.07, 6.45) is 1.58. The van der Waals surface area contributed by atoms with Crippen LogP contribution in [0.4, 0.5) is 5.82 Å². The quantitative estimate of drug-likeness (QED) is 0.791. The zero-order valence-electron chi connectivity index (χ0n) is 12.6. The predicted molar refractivity (Wildman–Crippen MR) is 87.7 cm³/mol. The number of nitrogens with two attached hydrogens (primary N) is 1. The highest BCUT2D eigenvalue weighted by atomic mass is 16.5. The minimum Gasteiger partial charge on any atom is -0.494 e. The van der Waals surface area contributed by atoms with Crippen LogP contribution in [0.3, 0.4) is 0 Å². The van der Waals surface area contributed by atoms with Gasteiger partial charge < -0.3 is 14.9 Å². The van der Waals surface area contributed by atoms with Crippen LogP contribution in [0, 0.1) is 11.3 Å². The van der Waals surface area contributed by atoms with Crippen molar-refractivity contribution in [2.24, 2.45) is 0 Å². The second-order valence-electron chi connectivity index (χ2n) is 4.87. The molecular formula is C18H15N3O2. The van der Waals surface area contributed by atoms with Gasteiger partial charge in [0.05, 0.1) is 18.4 Å². The number of benzene rings is 1. The summed E-state index contributed by atoms with van der Waals surface area (Å²) >= 11 is 0. The Kier molecular flexibility index (Phi) is 3.98. The van der Waals surface area contributed by atoms with Crippen molar-refractivity contribution in [3.8, 4) is 34.4 Å². The van der Waals surface area contributed by atoms with E-state index < -0.39 is 0 Å². The van der Waals surface area contributed by atoms with Gasteiger partial charge in [0, 0.05) is 5.56 Å². The molecule has 0 aliphatic carbocycles. The number of furan rings is 1. The molecule has 0 atom stereocenters. The molecule has 0 aliphatic rings. The third kappa shape index (κ3) is 2.87. The molecular weight excluding hydrogens is 290 g/mol. The molecule has 3 rings (SSSR count). The van der Waals surface area contributed by atoms with Gasteiger partial charge in [-0.1, -0.05) is 12.1 Å². The lowest BCUT2D eigenvalue weighted by Gasteiger charge is -2.11. The highest BCUT2D eigenvalue weighted by Crippen LogP contribution is 2.34. The molecule has 114 valence electrons. The van der Waals surface area contributed by atoms with Gasteiger partial charge in [0.1, 0.15) is 23.3 Å². The van der Waals surface area contributed by atoms with E-state index in [9.17, 15) is 5.26 Å². The van der Waals surface area contributed by atoms with Gasteiger partial charge in [0.15, 0.2) is 5.76 Å². The van der Waals surface area contributed by atoms with E-state index in [2.05, 4.69) is 11.1 Å². The van der Waals surface area contributed by atoms with E-state index in [0.717, 1.165) is 16.9 Å². The van der Waals surface area contributed by atoms with Gasteiger partial charge >= 0.3 is 0 Å². The first-order chi connectivity index (χ1) is 11.2. The Morgan fingerprint density at radius 3 is 2.83 bits per heavy atom. The van der Waals surface area contributed by atoms with Crippen molar-refractivity contribution >= 4 is 5.82 Å². The molecule has 0 aliphatic heterocycles. The lowest BCUT2D eigenvalue weighted by atomic mass is 10.0. The van der Waals surface area contributed by atoms with Gasteiger partial charge in [-0.05, 0) is 42.8 Å². The summed E-state index contributed by atoms with van der Waals surface area (Å²) in [5.74, 6) is 1.53. The maximum atomic E-state index is 9.23. The minimum absolute atomic E-state index is 0.184. The molecule has 0 radical (unpaired) electrons. The number of rotatable bonds is 4. The lowest BCUT2D eigenvalue weighted by Crippen LogP contribution is -1.99. The largest absolute Gasteiger partial charge is 0.494 e. The Hall–Kier alpha value is -3.26. The Labute approximate surface area is 134 Å². The third-order valence-corrected chi connectivity index (χ3v) is 3.38. The SMILES string of the molecule is CCOc1cccc(-c2cc(C#N)c(N)nc2-c2ccco2)c1. The molecule has 23 heavy (non-hydrogen) atoms. The molecule has 0 amide bonds. The van der Waals surface area contributed by atoms with Gasteiger partial charge in [-0.3, -0.25) is 0 Å². The monoisotopic (exact) mass is 305 g/mol. The van der Waals surface area contributed by atoms with Gasteiger partial charge in [-0.15, -0.1) is 0 Å². The number of anilines is 1. The second kappa shape index (κ2) is 6.24. The molecule has 3 aromatic rings. The molecule has 0 spiro atoms. The van der Waals surface area contributed by atoms with Crippen LogP contribution in [-0.4, -0.2) is 11.6 Å². The zero-order valence-corrected chi connectivity index (χ0v) is 12.6. The van der Waals surface area contributed by atoms with Gasteiger partial charge in [0.2, 0.25) is 0 Å². The van der Waals surface area contributed by atoms with Crippen LogP contribution < -0.4 is 10.5 Å². The Balaban J connectivity index is 2.21. The van der Waals surface area contributed by atoms with Crippen molar-refractivity contribution in [1.82, 2.24) is 4.98 Å². The number of ether oxygens (including phenoxy) is 1.